The standard InChI is InChI=1S/C10H13N3O.ClH/c11-6-10(14)13-8-1-2-9-7(5-8)3-4-12-9;/h1-2,5,12H,3-4,6,11H2,(H,13,14);1H. The van der Waals surface area contributed by atoms with Crippen LogP contribution in [0.4, 0.5) is 11.4 Å². The van der Waals surface area contributed by atoms with Crippen LogP contribution in [0, 0.1) is 0 Å². The SMILES string of the molecule is Cl.NCC(=O)Nc1ccc2c(c1)CCN2. The van der Waals surface area contributed by atoms with Gasteiger partial charge in [-0.05, 0) is 30.2 Å². The van der Waals surface area contributed by atoms with Gasteiger partial charge in [-0.2, -0.15) is 0 Å². The van der Waals surface area contributed by atoms with Gasteiger partial charge >= 0.3 is 0 Å². The Labute approximate surface area is 94.6 Å². The van der Waals surface area contributed by atoms with Crippen LogP contribution in [0.25, 0.3) is 0 Å². The van der Waals surface area contributed by atoms with Crippen LogP contribution in [-0.4, -0.2) is 19.0 Å². The van der Waals surface area contributed by atoms with Gasteiger partial charge in [-0.25, -0.2) is 0 Å². The predicted molar refractivity (Wildman–Crippen MR) is 63.6 cm³/mol. The number of carbonyl (C=O) groups excluding carboxylic acids is 1. The van der Waals surface area contributed by atoms with Crippen molar-refractivity contribution in [1.82, 2.24) is 0 Å². The maximum absolute atomic E-state index is 11.0. The third kappa shape index (κ3) is 2.61. The summed E-state index contributed by atoms with van der Waals surface area (Å²) < 4.78 is 0. The Morgan fingerprint density at radius 3 is 3.07 bits per heavy atom. The first kappa shape index (κ1) is 11.8. The van der Waals surface area contributed by atoms with Gasteiger partial charge < -0.3 is 16.4 Å². The highest BCUT2D eigenvalue weighted by Gasteiger charge is 2.10. The third-order valence-electron chi connectivity index (χ3n) is 2.28. The lowest BCUT2D eigenvalue weighted by Crippen LogP contribution is -2.21. The van der Waals surface area contributed by atoms with Gasteiger partial charge in [-0.3, -0.25) is 4.79 Å². The van der Waals surface area contributed by atoms with Gasteiger partial charge in [0.1, 0.15) is 0 Å². The maximum atomic E-state index is 11.0. The van der Waals surface area contributed by atoms with Crippen molar-refractivity contribution in [2.75, 3.05) is 23.7 Å². The van der Waals surface area contributed by atoms with Gasteiger partial charge in [0.25, 0.3) is 0 Å². The van der Waals surface area contributed by atoms with Crippen LogP contribution in [0.15, 0.2) is 18.2 Å². The van der Waals surface area contributed by atoms with E-state index in [1.165, 1.54) is 5.56 Å². The molecule has 0 saturated heterocycles. The highest BCUT2D eigenvalue weighted by molar-refractivity contribution is 5.92. The van der Waals surface area contributed by atoms with Crippen LogP contribution in [0.5, 0.6) is 0 Å². The molecule has 0 aromatic heterocycles. The molecule has 82 valence electrons. The van der Waals surface area contributed by atoms with E-state index in [4.69, 9.17) is 5.73 Å². The van der Waals surface area contributed by atoms with Crippen molar-refractivity contribution in [3.63, 3.8) is 0 Å². The fraction of sp³-hybridized carbons (Fsp3) is 0.300. The van der Waals surface area contributed by atoms with Crippen molar-refractivity contribution in [1.29, 1.82) is 0 Å². The molecular weight excluding hydrogens is 214 g/mol. The Hall–Kier alpha value is -1.26. The van der Waals surface area contributed by atoms with Gasteiger partial charge in [0.05, 0.1) is 6.54 Å². The number of benzene rings is 1. The topological polar surface area (TPSA) is 67.2 Å². The van der Waals surface area contributed by atoms with Gasteiger partial charge in [-0.15, -0.1) is 12.4 Å². The Morgan fingerprint density at radius 1 is 1.53 bits per heavy atom. The molecule has 1 aliphatic rings. The molecule has 1 aromatic rings. The lowest BCUT2D eigenvalue weighted by Gasteiger charge is -2.05. The maximum Gasteiger partial charge on any atom is 0.238 e. The lowest BCUT2D eigenvalue weighted by atomic mass is 10.1. The van der Waals surface area contributed by atoms with Crippen molar-refractivity contribution in [2.45, 2.75) is 6.42 Å². The Bertz CT molecular complexity index is 368. The van der Waals surface area contributed by atoms with Crippen molar-refractivity contribution in [2.24, 2.45) is 5.73 Å². The summed E-state index contributed by atoms with van der Waals surface area (Å²) in [6.45, 7) is 0.999. The van der Waals surface area contributed by atoms with E-state index in [0.717, 1.165) is 24.3 Å². The minimum Gasteiger partial charge on any atom is -0.384 e. The molecule has 1 aromatic carbocycles. The van der Waals surface area contributed by atoms with Crippen molar-refractivity contribution >= 4 is 29.7 Å². The van der Waals surface area contributed by atoms with E-state index in [1.54, 1.807) is 0 Å². The molecule has 0 saturated carbocycles. The van der Waals surface area contributed by atoms with Gasteiger partial charge in [0, 0.05) is 17.9 Å². The molecule has 2 rings (SSSR count). The molecule has 5 heteroatoms. The number of rotatable bonds is 2. The zero-order valence-corrected chi connectivity index (χ0v) is 9.06. The van der Waals surface area contributed by atoms with E-state index < -0.39 is 0 Å². The van der Waals surface area contributed by atoms with Crippen LogP contribution in [0.1, 0.15) is 5.56 Å². The average molecular weight is 228 g/mol. The van der Waals surface area contributed by atoms with Crippen molar-refractivity contribution in [3.8, 4) is 0 Å². The van der Waals surface area contributed by atoms with Gasteiger partial charge in [0.2, 0.25) is 5.91 Å². The predicted octanol–water partition coefficient (Wildman–Crippen LogP) is 0.974. The fourth-order valence-corrected chi connectivity index (χ4v) is 1.59. The summed E-state index contributed by atoms with van der Waals surface area (Å²) in [5.74, 6) is -0.157. The van der Waals surface area contributed by atoms with Crippen LogP contribution in [0.2, 0.25) is 0 Å². The minimum absolute atomic E-state index is 0. The first-order valence-corrected chi connectivity index (χ1v) is 4.66. The lowest BCUT2D eigenvalue weighted by molar-refractivity contribution is -0.114. The molecule has 4 nitrogen and oxygen atoms in total. The zero-order chi connectivity index (χ0) is 9.97. The van der Waals surface area contributed by atoms with E-state index in [-0.39, 0.29) is 24.9 Å². The zero-order valence-electron chi connectivity index (χ0n) is 8.25. The number of nitrogens with one attached hydrogen (secondary N) is 2. The van der Waals surface area contributed by atoms with E-state index in [9.17, 15) is 4.79 Å². The smallest absolute Gasteiger partial charge is 0.238 e. The van der Waals surface area contributed by atoms with Crippen molar-refractivity contribution < 1.29 is 4.79 Å². The molecule has 15 heavy (non-hydrogen) atoms. The molecule has 0 bridgehead atoms. The summed E-state index contributed by atoms with van der Waals surface area (Å²) in [6, 6.07) is 5.85. The molecule has 1 amide bonds. The van der Waals surface area contributed by atoms with Gasteiger partial charge in [0.15, 0.2) is 0 Å². The number of hydrogen-bond donors (Lipinski definition) is 3. The second kappa shape index (κ2) is 5.00. The number of nitrogens with two attached hydrogens (primary N) is 1. The number of fused-ring (bicyclic) bond motifs is 1. The molecule has 0 aliphatic carbocycles. The number of halogens is 1. The van der Waals surface area contributed by atoms with Crippen LogP contribution < -0.4 is 16.4 Å². The second-order valence-electron chi connectivity index (χ2n) is 3.30. The van der Waals surface area contributed by atoms with Crippen molar-refractivity contribution in [3.05, 3.63) is 23.8 Å². The summed E-state index contributed by atoms with van der Waals surface area (Å²) in [4.78, 5) is 11.0. The van der Waals surface area contributed by atoms with E-state index >= 15 is 0 Å². The molecule has 0 spiro atoms. The summed E-state index contributed by atoms with van der Waals surface area (Å²) in [6.07, 6.45) is 1.02. The van der Waals surface area contributed by atoms with Gasteiger partial charge in [-0.1, -0.05) is 0 Å². The highest BCUT2D eigenvalue weighted by Crippen LogP contribution is 2.24. The quantitative estimate of drug-likeness (QED) is 0.706. The minimum atomic E-state index is -0.157. The number of carbonyl (C=O) groups is 1. The Balaban J connectivity index is 0.00000112. The van der Waals surface area contributed by atoms with Crippen LogP contribution in [0.3, 0.4) is 0 Å². The molecular formula is C10H14ClN3O. The number of amides is 1. The third-order valence-corrected chi connectivity index (χ3v) is 2.28. The first-order valence-electron chi connectivity index (χ1n) is 4.66. The summed E-state index contributed by atoms with van der Waals surface area (Å²) >= 11 is 0. The normalized spacial score (nSPS) is 12.3. The molecule has 4 N–H and O–H groups in total. The summed E-state index contributed by atoms with van der Waals surface area (Å²) in [5, 5.41) is 5.99. The molecule has 0 fully saturated rings. The van der Waals surface area contributed by atoms with Crippen LogP contribution in [-0.2, 0) is 11.2 Å². The average Bonchev–Trinajstić information content (AvgIpc) is 2.64. The molecule has 0 radical (unpaired) electrons. The molecule has 1 aliphatic heterocycles. The number of anilines is 2. The highest BCUT2D eigenvalue weighted by atomic mass is 35.5. The molecule has 0 atom stereocenters. The largest absolute Gasteiger partial charge is 0.384 e. The van der Waals surface area contributed by atoms with Crippen LogP contribution >= 0.6 is 12.4 Å². The first-order chi connectivity index (χ1) is 6.79. The monoisotopic (exact) mass is 227 g/mol. The summed E-state index contributed by atoms with van der Waals surface area (Å²) in [5.41, 5.74) is 8.44. The van der Waals surface area contributed by atoms with E-state index in [2.05, 4.69) is 10.6 Å². The fourth-order valence-electron chi connectivity index (χ4n) is 1.59. The Morgan fingerprint density at radius 2 is 2.33 bits per heavy atom. The van der Waals surface area contributed by atoms with E-state index in [0.29, 0.717) is 0 Å². The Kier molecular flexibility index (Phi) is 3.94. The molecule has 0 unspecified atom stereocenters. The summed E-state index contributed by atoms with van der Waals surface area (Å²) in [7, 11) is 0. The second-order valence-corrected chi connectivity index (χ2v) is 3.30. The van der Waals surface area contributed by atoms with E-state index in [1.807, 2.05) is 18.2 Å². The number of hydrogen-bond acceptors (Lipinski definition) is 3. The molecule has 1 heterocycles.